The Morgan fingerprint density at radius 1 is 1.17 bits per heavy atom. The molecule has 0 radical (unpaired) electrons. The van der Waals surface area contributed by atoms with Crippen LogP contribution in [-0.2, 0) is 19.3 Å². The SMILES string of the molecule is OCCc1cnc(-c2ccc3c(c2)CCCC3)s1. The molecule has 1 heterocycles. The van der Waals surface area contributed by atoms with Crippen molar-refractivity contribution in [2.24, 2.45) is 0 Å². The van der Waals surface area contributed by atoms with Crippen LogP contribution in [-0.4, -0.2) is 16.7 Å². The Hall–Kier alpha value is -1.19. The van der Waals surface area contributed by atoms with Crippen LogP contribution in [0, 0.1) is 0 Å². The monoisotopic (exact) mass is 259 g/mol. The maximum Gasteiger partial charge on any atom is 0.123 e. The van der Waals surface area contributed by atoms with Gasteiger partial charge in [-0.15, -0.1) is 11.3 Å². The minimum absolute atomic E-state index is 0.200. The fourth-order valence-electron chi connectivity index (χ4n) is 2.53. The van der Waals surface area contributed by atoms with Gasteiger partial charge in [0.1, 0.15) is 5.01 Å². The molecule has 94 valence electrons. The second-order valence-corrected chi connectivity index (χ2v) is 5.91. The number of thiazole rings is 1. The first-order chi connectivity index (χ1) is 8.86. The topological polar surface area (TPSA) is 33.1 Å². The van der Waals surface area contributed by atoms with Crippen molar-refractivity contribution >= 4 is 11.3 Å². The van der Waals surface area contributed by atoms with Gasteiger partial charge >= 0.3 is 0 Å². The predicted octanol–water partition coefficient (Wildman–Crippen LogP) is 3.22. The fraction of sp³-hybridized carbons (Fsp3) is 0.400. The Kier molecular flexibility index (Phi) is 3.43. The lowest BCUT2D eigenvalue weighted by Crippen LogP contribution is -2.02. The van der Waals surface area contributed by atoms with Crippen molar-refractivity contribution < 1.29 is 5.11 Å². The van der Waals surface area contributed by atoms with Gasteiger partial charge in [0.05, 0.1) is 0 Å². The van der Waals surface area contributed by atoms with E-state index >= 15 is 0 Å². The minimum Gasteiger partial charge on any atom is -0.396 e. The van der Waals surface area contributed by atoms with E-state index in [4.69, 9.17) is 5.11 Å². The summed E-state index contributed by atoms with van der Waals surface area (Å²) in [4.78, 5) is 5.62. The maximum atomic E-state index is 8.94. The second-order valence-electron chi connectivity index (χ2n) is 4.80. The number of aromatic nitrogens is 1. The van der Waals surface area contributed by atoms with Gasteiger partial charge < -0.3 is 5.11 Å². The Labute approximate surface area is 111 Å². The van der Waals surface area contributed by atoms with E-state index < -0.39 is 0 Å². The molecule has 2 aromatic rings. The van der Waals surface area contributed by atoms with Crippen molar-refractivity contribution in [1.29, 1.82) is 0 Å². The van der Waals surface area contributed by atoms with Crippen LogP contribution in [0.3, 0.4) is 0 Å². The minimum atomic E-state index is 0.200. The van der Waals surface area contributed by atoms with Crippen molar-refractivity contribution in [2.75, 3.05) is 6.61 Å². The molecular formula is C15H17NOS. The molecule has 1 aliphatic rings. The zero-order valence-corrected chi connectivity index (χ0v) is 11.2. The van der Waals surface area contributed by atoms with E-state index in [0.717, 1.165) is 9.88 Å². The highest BCUT2D eigenvalue weighted by Gasteiger charge is 2.11. The van der Waals surface area contributed by atoms with E-state index in [0.29, 0.717) is 6.42 Å². The summed E-state index contributed by atoms with van der Waals surface area (Å²) in [6, 6.07) is 6.75. The van der Waals surface area contributed by atoms with E-state index in [9.17, 15) is 0 Å². The molecule has 3 rings (SSSR count). The van der Waals surface area contributed by atoms with E-state index in [1.807, 2.05) is 6.20 Å². The summed E-state index contributed by atoms with van der Waals surface area (Å²) >= 11 is 1.69. The first-order valence-corrected chi connectivity index (χ1v) is 7.36. The number of rotatable bonds is 3. The average Bonchev–Trinajstić information content (AvgIpc) is 2.87. The Bertz CT molecular complexity index is 547. The Morgan fingerprint density at radius 2 is 2.00 bits per heavy atom. The summed E-state index contributed by atoms with van der Waals surface area (Å²) in [6.07, 6.45) is 7.66. The van der Waals surface area contributed by atoms with Crippen molar-refractivity contribution in [3.63, 3.8) is 0 Å². The van der Waals surface area contributed by atoms with Gasteiger partial charge in [-0.3, -0.25) is 0 Å². The van der Waals surface area contributed by atoms with Crippen LogP contribution >= 0.6 is 11.3 Å². The molecule has 1 N–H and O–H groups in total. The van der Waals surface area contributed by atoms with E-state index in [2.05, 4.69) is 23.2 Å². The molecule has 0 bridgehead atoms. The lowest BCUT2D eigenvalue weighted by molar-refractivity contribution is 0.300. The molecular weight excluding hydrogens is 242 g/mol. The summed E-state index contributed by atoms with van der Waals surface area (Å²) in [5.74, 6) is 0. The molecule has 0 amide bonds. The summed E-state index contributed by atoms with van der Waals surface area (Å²) in [5.41, 5.74) is 4.24. The van der Waals surface area contributed by atoms with Gasteiger partial charge in [-0.25, -0.2) is 4.98 Å². The zero-order valence-electron chi connectivity index (χ0n) is 10.4. The molecule has 1 aromatic heterocycles. The first kappa shape index (κ1) is 11.9. The summed E-state index contributed by atoms with van der Waals surface area (Å²) in [6.45, 7) is 0.200. The Morgan fingerprint density at radius 3 is 2.83 bits per heavy atom. The molecule has 0 unspecified atom stereocenters. The highest BCUT2D eigenvalue weighted by atomic mass is 32.1. The molecule has 0 saturated carbocycles. The number of hydrogen-bond acceptors (Lipinski definition) is 3. The number of aliphatic hydroxyl groups excluding tert-OH is 1. The Balaban J connectivity index is 1.91. The molecule has 0 atom stereocenters. The van der Waals surface area contributed by atoms with Gasteiger partial charge in [-0.2, -0.15) is 0 Å². The molecule has 1 aromatic carbocycles. The number of benzene rings is 1. The summed E-state index contributed by atoms with van der Waals surface area (Å²) in [7, 11) is 0. The number of aliphatic hydroxyl groups is 1. The van der Waals surface area contributed by atoms with Crippen LogP contribution in [0.2, 0.25) is 0 Å². The van der Waals surface area contributed by atoms with Crippen LogP contribution in [0.4, 0.5) is 0 Å². The quantitative estimate of drug-likeness (QED) is 0.918. The van der Waals surface area contributed by atoms with Gasteiger partial charge in [-0.1, -0.05) is 12.1 Å². The molecule has 18 heavy (non-hydrogen) atoms. The lowest BCUT2D eigenvalue weighted by Gasteiger charge is -2.15. The van der Waals surface area contributed by atoms with Gasteiger partial charge in [0.2, 0.25) is 0 Å². The van der Waals surface area contributed by atoms with E-state index in [1.165, 1.54) is 42.4 Å². The first-order valence-electron chi connectivity index (χ1n) is 6.54. The molecule has 3 heteroatoms. The number of aryl methyl sites for hydroxylation is 2. The van der Waals surface area contributed by atoms with Crippen LogP contribution in [0.5, 0.6) is 0 Å². The average molecular weight is 259 g/mol. The van der Waals surface area contributed by atoms with Crippen LogP contribution < -0.4 is 0 Å². The standard InChI is InChI=1S/C15H17NOS/c17-8-7-14-10-16-15(18-14)13-6-5-11-3-1-2-4-12(11)9-13/h5-6,9-10,17H,1-4,7-8H2. The smallest absolute Gasteiger partial charge is 0.123 e. The largest absolute Gasteiger partial charge is 0.396 e. The maximum absolute atomic E-state index is 8.94. The number of fused-ring (bicyclic) bond motifs is 1. The molecule has 0 saturated heterocycles. The van der Waals surface area contributed by atoms with Crippen LogP contribution in [0.15, 0.2) is 24.4 Å². The van der Waals surface area contributed by atoms with E-state index in [-0.39, 0.29) is 6.61 Å². The zero-order chi connectivity index (χ0) is 12.4. The summed E-state index contributed by atoms with van der Waals surface area (Å²) < 4.78 is 0. The van der Waals surface area contributed by atoms with E-state index in [1.54, 1.807) is 11.3 Å². The third-order valence-corrected chi connectivity index (χ3v) is 4.61. The van der Waals surface area contributed by atoms with Crippen molar-refractivity contribution in [3.05, 3.63) is 40.4 Å². The second kappa shape index (κ2) is 5.21. The predicted molar refractivity (Wildman–Crippen MR) is 75.0 cm³/mol. The third kappa shape index (κ3) is 2.33. The summed E-state index contributed by atoms with van der Waals surface area (Å²) in [5, 5.41) is 10.0. The molecule has 0 aliphatic heterocycles. The van der Waals surface area contributed by atoms with Gasteiger partial charge in [-0.05, 0) is 42.9 Å². The number of hydrogen-bond donors (Lipinski definition) is 1. The highest BCUT2D eigenvalue weighted by Crippen LogP contribution is 2.30. The van der Waals surface area contributed by atoms with Crippen LogP contribution in [0.1, 0.15) is 28.8 Å². The normalized spacial score (nSPS) is 14.5. The number of nitrogens with zero attached hydrogens (tertiary/aromatic N) is 1. The molecule has 0 fully saturated rings. The van der Waals surface area contributed by atoms with Gasteiger partial charge in [0.25, 0.3) is 0 Å². The molecule has 0 spiro atoms. The van der Waals surface area contributed by atoms with Gasteiger partial charge in [0, 0.05) is 29.7 Å². The highest BCUT2D eigenvalue weighted by molar-refractivity contribution is 7.15. The van der Waals surface area contributed by atoms with Crippen molar-refractivity contribution in [3.8, 4) is 10.6 Å². The van der Waals surface area contributed by atoms with Crippen molar-refractivity contribution in [1.82, 2.24) is 4.98 Å². The van der Waals surface area contributed by atoms with Crippen molar-refractivity contribution in [2.45, 2.75) is 32.1 Å². The molecule has 1 aliphatic carbocycles. The third-order valence-electron chi connectivity index (χ3n) is 3.51. The van der Waals surface area contributed by atoms with Crippen LogP contribution in [0.25, 0.3) is 10.6 Å². The fourth-order valence-corrected chi connectivity index (χ4v) is 3.43. The molecule has 2 nitrogen and oxygen atoms in total. The lowest BCUT2D eigenvalue weighted by atomic mass is 9.90. The van der Waals surface area contributed by atoms with Gasteiger partial charge in [0.15, 0.2) is 0 Å².